The second-order valence-corrected chi connectivity index (χ2v) is 6.59. The lowest BCUT2D eigenvalue weighted by atomic mass is 9.72. The Bertz CT molecular complexity index is 408. The first-order chi connectivity index (χ1) is 9.63. The highest BCUT2D eigenvalue weighted by Gasteiger charge is 2.29. The third-order valence-corrected chi connectivity index (χ3v) is 4.79. The molecule has 0 amide bonds. The van der Waals surface area contributed by atoms with E-state index >= 15 is 0 Å². The van der Waals surface area contributed by atoms with E-state index in [9.17, 15) is 0 Å². The van der Waals surface area contributed by atoms with Gasteiger partial charge in [-0.25, -0.2) is 0 Å². The molecule has 2 nitrogen and oxygen atoms in total. The Kier molecular flexibility index (Phi) is 5.47. The molecule has 1 N–H and O–H groups in total. The van der Waals surface area contributed by atoms with Crippen molar-refractivity contribution in [1.82, 2.24) is 5.32 Å². The number of hydrogen-bond acceptors (Lipinski definition) is 2. The summed E-state index contributed by atoms with van der Waals surface area (Å²) in [6, 6.07) is 8.96. The SMILES string of the molecule is CNC(Cc1ccccc1OC)C1CC(C)CC(C)C1. The first-order valence-electron chi connectivity index (χ1n) is 7.93. The summed E-state index contributed by atoms with van der Waals surface area (Å²) >= 11 is 0. The maximum Gasteiger partial charge on any atom is 0.122 e. The van der Waals surface area contributed by atoms with Crippen LogP contribution in [0, 0.1) is 17.8 Å². The molecular formula is C18H29NO. The molecule has 2 heteroatoms. The molecule has 0 radical (unpaired) electrons. The van der Waals surface area contributed by atoms with Gasteiger partial charge in [-0.15, -0.1) is 0 Å². The summed E-state index contributed by atoms with van der Waals surface area (Å²) in [5, 5.41) is 3.56. The van der Waals surface area contributed by atoms with Crippen LogP contribution in [0.25, 0.3) is 0 Å². The minimum Gasteiger partial charge on any atom is -0.496 e. The standard InChI is InChI=1S/C18H29NO/c1-13-9-14(2)11-16(10-13)17(19-3)12-15-7-5-6-8-18(15)20-4/h5-8,13-14,16-17,19H,9-12H2,1-4H3. The van der Waals surface area contributed by atoms with Crippen molar-refractivity contribution in [3.8, 4) is 5.75 Å². The van der Waals surface area contributed by atoms with Gasteiger partial charge in [0.05, 0.1) is 7.11 Å². The Balaban J connectivity index is 2.08. The fourth-order valence-corrected chi connectivity index (χ4v) is 3.95. The normalized spacial score (nSPS) is 28.1. The van der Waals surface area contributed by atoms with Crippen LogP contribution in [0.2, 0.25) is 0 Å². The summed E-state index contributed by atoms with van der Waals surface area (Å²) in [6.07, 6.45) is 5.15. The second-order valence-electron chi connectivity index (χ2n) is 6.59. The van der Waals surface area contributed by atoms with E-state index in [-0.39, 0.29) is 0 Å². The van der Waals surface area contributed by atoms with Gasteiger partial charge in [-0.1, -0.05) is 32.0 Å². The molecular weight excluding hydrogens is 246 g/mol. The van der Waals surface area contributed by atoms with E-state index in [2.05, 4.69) is 44.4 Å². The Hall–Kier alpha value is -1.02. The van der Waals surface area contributed by atoms with Gasteiger partial charge in [0.2, 0.25) is 0 Å². The van der Waals surface area contributed by atoms with Gasteiger partial charge in [0.15, 0.2) is 0 Å². The number of methoxy groups -OCH3 is 1. The van der Waals surface area contributed by atoms with Gasteiger partial charge >= 0.3 is 0 Å². The first-order valence-corrected chi connectivity index (χ1v) is 7.93. The lowest BCUT2D eigenvalue weighted by Gasteiger charge is -2.36. The van der Waals surface area contributed by atoms with Crippen LogP contribution < -0.4 is 10.1 Å². The molecule has 1 aromatic carbocycles. The zero-order valence-electron chi connectivity index (χ0n) is 13.4. The molecule has 0 heterocycles. The van der Waals surface area contributed by atoms with Crippen LogP contribution in [0.5, 0.6) is 5.75 Å². The van der Waals surface area contributed by atoms with Crippen molar-refractivity contribution < 1.29 is 4.74 Å². The van der Waals surface area contributed by atoms with E-state index in [1.54, 1.807) is 7.11 Å². The third kappa shape index (κ3) is 3.76. The van der Waals surface area contributed by atoms with Crippen LogP contribution in [0.4, 0.5) is 0 Å². The first kappa shape index (κ1) is 15.4. The molecule has 112 valence electrons. The zero-order chi connectivity index (χ0) is 14.5. The molecule has 0 aromatic heterocycles. The summed E-state index contributed by atoms with van der Waals surface area (Å²) < 4.78 is 5.49. The van der Waals surface area contributed by atoms with E-state index in [1.807, 2.05) is 6.07 Å². The van der Waals surface area contributed by atoms with Crippen LogP contribution in [-0.4, -0.2) is 20.2 Å². The van der Waals surface area contributed by atoms with Gasteiger partial charge in [0.1, 0.15) is 5.75 Å². The minimum absolute atomic E-state index is 0.552. The molecule has 1 aliphatic carbocycles. The van der Waals surface area contributed by atoms with E-state index in [4.69, 9.17) is 4.74 Å². The largest absolute Gasteiger partial charge is 0.496 e. The van der Waals surface area contributed by atoms with Crippen LogP contribution in [0.3, 0.4) is 0 Å². The van der Waals surface area contributed by atoms with E-state index < -0.39 is 0 Å². The van der Waals surface area contributed by atoms with Gasteiger partial charge in [-0.05, 0) is 62.1 Å². The van der Waals surface area contributed by atoms with Crippen LogP contribution in [0.1, 0.15) is 38.7 Å². The lowest BCUT2D eigenvalue weighted by molar-refractivity contribution is 0.179. The van der Waals surface area contributed by atoms with Gasteiger partial charge in [0.25, 0.3) is 0 Å². The zero-order valence-corrected chi connectivity index (χ0v) is 13.4. The molecule has 0 saturated heterocycles. The summed E-state index contributed by atoms with van der Waals surface area (Å²) in [6.45, 7) is 4.80. The molecule has 1 saturated carbocycles. The van der Waals surface area contributed by atoms with Crippen molar-refractivity contribution >= 4 is 0 Å². The molecule has 1 aliphatic rings. The average molecular weight is 275 g/mol. The second kappa shape index (κ2) is 7.12. The van der Waals surface area contributed by atoms with Gasteiger partial charge < -0.3 is 10.1 Å². The van der Waals surface area contributed by atoms with Crippen molar-refractivity contribution in [3.05, 3.63) is 29.8 Å². The van der Waals surface area contributed by atoms with Crippen LogP contribution in [-0.2, 0) is 6.42 Å². The molecule has 20 heavy (non-hydrogen) atoms. The third-order valence-electron chi connectivity index (χ3n) is 4.79. The molecule has 0 aliphatic heterocycles. The van der Waals surface area contributed by atoms with Gasteiger partial charge in [-0.3, -0.25) is 0 Å². The van der Waals surface area contributed by atoms with E-state index in [0.29, 0.717) is 6.04 Å². The van der Waals surface area contributed by atoms with Crippen molar-refractivity contribution in [2.75, 3.05) is 14.2 Å². The molecule has 3 unspecified atom stereocenters. The Labute approximate surface area is 123 Å². The summed E-state index contributed by atoms with van der Waals surface area (Å²) in [4.78, 5) is 0. The molecule has 2 rings (SSSR count). The minimum atomic E-state index is 0.552. The van der Waals surface area contributed by atoms with Crippen molar-refractivity contribution in [2.24, 2.45) is 17.8 Å². The summed E-state index contributed by atoms with van der Waals surface area (Å²) in [7, 11) is 3.86. The predicted molar refractivity (Wildman–Crippen MR) is 85.2 cm³/mol. The number of rotatable bonds is 5. The Morgan fingerprint density at radius 1 is 1.15 bits per heavy atom. The summed E-state index contributed by atoms with van der Waals surface area (Å²) in [5.41, 5.74) is 1.32. The molecule has 0 bridgehead atoms. The molecule has 1 aromatic rings. The maximum absolute atomic E-state index is 5.49. The maximum atomic E-state index is 5.49. The fourth-order valence-electron chi connectivity index (χ4n) is 3.95. The van der Waals surface area contributed by atoms with Crippen molar-refractivity contribution in [3.63, 3.8) is 0 Å². The highest BCUT2D eigenvalue weighted by molar-refractivity contribution is 5.34. The topological polar surface area (TPSA) is 21.3 Å². The van der Waals surface area contributed by atoms with Crippen molar-refractivity contribution in [1.29, 1.82) is 0 Å². The van der Waals surface area contributed by atoms with Crippen LogP contribution in [0.15, 0.2) is 24.3 Å². The van der Waals surface area contributed by atoms with Crippen molar-refractivity contribution in [2.45, 2.75) is 45.6 Å². The van der Waals surface area contributed by atoms with Crippen LogP contribution >= 0.6 is 0 Å². The number of likely N-dealkylation sites (N-methyl/N-ethyl adjacent to an activating group) is 1. The van der Waals surface area contributed by atoms with Gasteiger partial charge in [0, 0.05) is 6.04 Å². The average Bonchev–Trinajstić information content (AvgIpc) is 2.44. The number of nitrogens with one attached hydrogen (secondary N) is 1. The number of para-hydroxylation sites is 1. The highest BCUT2D eigenvalue weighted by Crippen LogP contribution is 2.36. The highest BCUT2D eigenvalue weighted by atomic mass is 16.5. The van der Waals surface area contributed by atoms with Gasteiger partial charge in [-0.2, -0.15) is 0 Å². The monoisotopic (exact) mass is 275 g/mol. The van der Waals surface area contributed by atoms with E-state index in [1.165, 1.54) is 24.8 Å². The molecule has 0 spiro atoms. The van der Waals surface area contributed by atoms with E-state index in [0.717, 1.165) is 29.9 Å². The number of ether oxygens (including phenoxy) is 1. The Morgan fingerprint density at radius 3 is 2.40 bits per heavy atom. The molecule has 1 fully saturated rings. The number of hydrogen-bond donors (Lipinski definition) is 1. The number of benzene rings is 1. The molecule has 3 atom stereocenters. The smallest absolute Gasteiger partial charge is 0.122 e. The predicted octanol–water partition coefficient (Wildman–Crippen LogP) is 3.90. The summed E-state index contributed by atoms with van der Waals surface area (Å²) in [5.74, 6) is 3.52. The fraction of sp³-hybridized carbons (Fsp3) is 0.667. The quantitative estimate of drug-likeness (QED) is 0.880. The Morgan fingerprint density at radius 2 is 1.80 bits per heavy atom. The lowest BCUT2D eigenvalue weighted by Crippen LogP contribution is -2.39.